The van der Waals surface area contributed by atoms with Crippen LogP contribution in [0.2, 0.25) is 0 Å². The van der Waals surface area contributed by atoms with Gasteiger partial charge < -0.3 is 15.0 Å². The van der Waals surface area contributed by atoms with Gasteiger partial charge in [0.05, 0.1) is 7.11 Å². The van der Waals surface area contributed by atoms with E-state index in [1.165, 1.54) is 6.42 Å². The molecule has 1 aromatic rings. The Morgan fingerprint density at radius 3 is 2.65 bits per heavy atom. The van der Waals surface area contributed by atoms with Gasteiger partial charge in [0.1, 0.15) is 0 Å². The first-order valence-electron chi connectivity index (χ1n) is 5.94. The number of aromatic nitrogens is 2. The van der Waals surface area contributed by atoms with Crippen LogP contribution >= 0.6 is 0 Å². The van der Waals surface area contributed by atoms with Crippen molar-refractivity contribution in [3.8, 4) is 5.88 Å². The quantitative estimate of drug-likeness (QED) is 0.782. The molecule has 17 heavy (non-hydrogen) atoms. The van der Waals surface area contributed by atoms with Crippen molar-refractivity contribution < 1.29 is 4.74 Å². The van der Waals surface area contributed by atoms with Gasteiger partial charge in [-0.15, -0.1) is 0 Å². The molecule has 1 rings (SSSR count). The fourth-order valence-corrected chi connectivity index (χ4v) is 1.69. The molecule has 0 spiro atoms. The number of anilines is 1. The van der Waals surface area contributed by atoms with Crippen LogP contribution in [-0.4, -0.2) is 48.7 Å². The van der Waals surface area contributed by atoms with E-state index in [1.54, 1.807) is 19.5 Å². The van der Waals surface area contributed by atoms with Gasteiger partial charge in [0.15, 0.2) is 5.82 Å². The largest absolute Gasteiger partial charge is 0.478 e. The molecule has 0 aliphatic carbocycles. The second kappa shape index (κ2) is 7.06. The summed E-state index contributed by atoms with van der Waals surface area (Å²) >= 11 is 0. The van der Waals surface area contributed by atoms with Crippen LogP contribution in [0.3, 0.4) is 0 Å². The first-order chi connectivity index (χ1) is 8.19. The highest BCUT2D eigenvalue weighted by molar-refractivity contribution is 5.44. The Balaban J connectivity index is 2.58. The highest BCUT2D eigenvalue weighted by Gasteiger charge is 2.12. The van der Waals surface area contributed by atoms with Crippen molar-refractivity contribution in [2.24, 2.45) is 0 Å². The molecule has 0 unspecified atom stereocenters. The van der Waals surface area contributed by atoms with Crippen LogP contribution in [0.4, 0.5) is 5.82 Å². The predicted molar refractivity (Wildman–Crippen MR) is 69.5 cm³/mol. The minimum Gasteiger partial charge on any atom is -0.478 e. The van der Waals surface area contributed by atoms with Crippen molar-refractivity contribution in [2.75, 3.05) is 33.1 Å². The van der Waals surface area contributed by atoms with Crippen LogP contribution in [0, 0.1) is 0 Å². The lowest BCUT2D eigenvalue weighted by Crippen LogP contribution is -2.34. The molecule has 1 N–H and O–H groups in total. The van der Waals surface area contributed by atoms with E-state index in [9.17, 15) is 0 Å². The second-order valence-corrected chi connectivity index (χ2v) is 4.20. The van der Waals surface area contributed by atoms with E-state index < -0.39 is 0 Å². The molecule has 0 fully saturated rings. The van der Waals surface area contributed by atoms with Gasteiger partial charge in [0.2, 0.25) is 0 Å². The van der Waals surface area contributed by atoms with Crippen LogP contribution in [0.15, 0.2) is 12.4 Å². The number of hydrogen-bond donors (Lipinski definition) is 1. The molecule has 0 saturated carbocycles. The van der Waals surface area contributed by atoms with E-state index in [-0.39, 0.29) is 0 Å². The molecule has 0 bridgehead atoms. The average molecular weight is 238 g/mol. The number of nitrogens with one attached hydrogen (secondary N) is 1. The maximum atomic E-state index is 5.15. The van der Waals surface area contributed by atoms with Gasteiger partial charge in [-0.1, -0.05) is 13.3 Å². The van der Waals surface area contributed by atoms with Crippen molar-refractivity contribution in [1.82, 2.24) is 14.9 Å². The Morgan fingerprint density at radius 1 is 1.35 bits per heavy atom. The molecule has 0 amide bonds. The SMILES string of the molecule is CCC[C@@H](CNc1nccnc1OC)N(C)C. The molecule has 1 heterocycles. The summed E-state index contributed by atoms with van der Waals surface area (Å²) in [4.78, 5) is 10.6. The lowest BCUT2D eigenvalue weighted by atomic mass is 10.1. The third-order valence-electron chi connectivity index (χ3n) is 2.72. The molecule has 5 heteroatoms. The normalized spacial score (nSPS) is 12.5. The fraction of sp³-hybridized carbons (Fsp3) is 0.667. The number of hydrogen-bond acceptors (Lipinski definition) is 5. The molecule has 0 saturated heterocycles. The number of rotatable bonds is 7. The number of likely N-dealkylation sites (N-methyl/N-ethyl adjacent to an activating group) is 1. The number of ether oxygens (including phenoxy) is 1. The zero-order chi connectivity index (χ0) is 12.7. The highest BCUT2D eigenvalue weighted by Crippen LogP contribution is 2.16. The van der Waals surface area contributed by atoms with Gasteiger partial charge in [-0.25, -0.2) is 9.97 Å². The predicted octanol–water partition coefficient (Wildman–Crippen LogP) is 1.63. The van der Waals surface area contributed by atoms with Gasteiger partial charge >= 0.3 is 0 Å². The molecule has 0 aliphatic heterocycles. The van der Waals surface area contributed by atoms with Crippen molar-refractivity contribution in [3.05, 3.63) is 12.4 Å². The van der Waals surface area contributed by atoms with Crippen molar-refractivity contribution in [1.29, 1.82) is 0 Å². The Kier molecular flexibility index (Phi) is 5.69. The average Bonchev–Trinajstić information content (AvgIpc) is 2.34. The Morgan fingerprint density at radius 2 is 2.06 bits per heavy atom. The molecule has 5 nitrogen and oxygen atoms in total. The zero-order valence-electron chi connectivity index (χ0n) is 11.1. The summed E-state index contributed by atoms with van der Waals surface area (Å²) in [5.74, 6) is 1.25. The maximum absolute atomic E-state index is 5.15. The minimum absolute atomic E-state index is 0.492. The van der Waals surface area contributed by atoms with E-state index in [2.05, 4.69) is 41.2 Å². The summed E-state index contributed by atoms with van der Waals surface area (Å²) in [6.07, 6.45) is 5.61. The second-order valence-electron chi connectivity index (χ2n) is 4.20. The smallest absolute Gasteiger partial charge is 0.257 e. The Labute approximate surface area is 103 Å². The fourth-order valence-electron chi connectivity index (χ4n) is 1.69. The van der Waals surface area contributed by atoms with Crippen molar-refractivity contribution in [3.63, 3.8) is 0 Å². The van der Waals surface area contributed by atoms with Gasteiger partial charge in [0.25, 0.3) is 5.88 Å². The molecule has 1 atom stereocenters. The summed E-state index contributed by atoms with van der Waals surface area (Å²) in [6, 6.07) is 0.492. The molecule has 0 aromatic carbocycles. The van der Waals surface area contributed by atoms with E-state index in [0.717, 1.165) is 13.0 Å². The summed E-state index contributed by atoms with van der Waals surface area (Å²) in [6.45, 7) is 3.04. The van der Waals surface area contributed by atoms with E-state index >= 15 is 0 Å². The van der Waals surface area contributed by atoms with E-state index in [1.807, 2.05) is 0 Å². The zero-order valence-corrected chi connectivity index (χ0v) is 11.1. The molecule has 0 radical (unpaired) electrons. The summed E-state index contributed by atoms with van der Waals surface area (Å²) < 4.78 is 5.15. The first kappa shape index (κ1) is 13.7. The topological polar surface area (TPSA) is 50.3 Å². The summed E-state index contributed by atoms with van der Waals surface area (Å²) in [7, 11) is 5.79. The summed E-state index contributed by atoms with van der Waals surface area (Å²) in [5.41, 5.74) is 0. The van der Waals surface area contributed by atoms with Crippen molar-refractivity contribution in [2.45, 2.75) is 25.8 Å². The Hall–Kier alpha value is -1.36. The molecule has 0 aliphatic rings. The van der Waals surface area contributed by atoms with E-state index in [0.29, 0.717) is 17.7 Å². The third kappa shape index (κ3) is 4.19. The van der Waals surface area contributed by atoms with Crippen LogP contribution < -0.4 is 10.1 Å². The monoisotopic (exact) mass is 238 g/mol. The highest BCUT2D eigenvalue weighted by atomic mass is 16.5. The maximum Gasteiger partial charge on any atom is 0.257 e. The standard InChI is InChI=1S/C12H22N4O/c1-5-6-10(16(2)3)9-15-11-12(17-4)14-8-7-13-11/h7-8,10H,5-6,9H2,1-4H3,(H,13,15)/t10-/m0/s1. The molecule has 96 valence electrons. The Bertz CT molecular complexity index is 330. The minimum atomic E-state index is 0.492. The lowest BCUT2D eigenvalue weighted by molar-refractivity contribution is 0.288. The number of methoxy groups -OCH3 is 1. The van der Waals surface area contributed by atoms with Gasteiger partial charge in [-0.2, -0.15) is 0 Å². The van der Waals surface area contributed by atoms with E-state index in [4.69, 9.17) is 4.74 Å². The van der Waals surface area contributed by atoms with Crippen LogP contribution in [0.5, 0.6) is 5.88 Å². The van der Waals surface area contributed by atoms with Gasteiger partial charge in [-0.3, -0.25) is 0 Å². The summed E-state index contributed by atoms with van der Waals surface area (Å²) in [5, 5.41) is 3.29. The van der Waals surface area contributed by atoms with Crippen molar-refractivity contribution >= 4 is 5.82 Å². The lowest BCUT2D eigenvalue weighted by Gasteiger charge is -2.24. The molecule has 1 aromatic heterocycles. The third-order valence-corrected chi connectivity index (χ3v) is 2.72. The molecular formula is C12H22N4O. The van der Waals surface area contributed by atoms with Crippen LogP contribution in [0.25, 0.3) is 0 Å². The van der Waals surface area contributed by atoms with Crippen LogP contribution in [0.1, 0.15) is 19.8 Å². The van der Waals surface area contributed by atoms with Crippen LogP contribution in [-0.2, 0) is 0 Å². The van der Waals surface area contributed by atoms with Gasteiger partial charge in [0, 0.05) is 25.0 Å². The van der Waals surface area contributed by atoms with Gasteiger partial charge in [-0.05, 0) is 20.5 Å². The molecular weight excluding hydrogens is 216 g/mol. The number of nitrogens with zero attached hydrogens (tertiary/aromatic N) is 3. The first-order valence-corrected chi connectivity index (χ1v) is 5.94.